The quantitative estimate of drug-likeness (QED) is 0.884. The highest BCUT2D eigenvalue weighted by Gasteiger charge is 2.15. The number of anilines is 1. The molecule has 21 heavy (non-hydrogen) atoms. The SMILES string of the molecule is Cc1ccc(C(C)Nc2ccccc2CN2CCCC2)o1. The average Bonchev–Trinajstić information content (AvgIpc) is 3.12. The zero-order valence-electron chi connectivity index (χ0n) is 12.9. The molecule has 2 aromatic rings. The van der Waals surface area contributed by atoms with Crippen LogP contribution in [0.1, 0.15) is 42.9 Å². The molecule has 0 bridgehead atoms. The first kappa shape index (κ1) is 14.2. The molecule has 1 aliphatic heterocycles. The van der Waals surface area contributed by atoms with Gasteiger partial charge in [0.2, 0.25) is 0 Å². The van der Waals surface area contributed by atoms with Gasteiger partial charge in [0.05, 0.1) is 6.04 Å². The van der Waals surface area contributed by atoms with Crippen LogP contribution < -0.4 is 5.32 Å². The number of nitrogens with one attached hydrogen (secondary N) is 1. The fraction of sp³-hybridized carbons (Fsp3) is 0.444. The first-order chi connectivity index (χ1) is 10.2. The predicted octanol–water partition coefficient (Wildman–Crippen LogP) is 4.36. The Hall–Kier alpha value is -1.74. The number of para-hydroxylation sites is 1. The third-order valence-electron chi connectivity index (χ3n) is 4.17. The molecule has 0 saturated carbocycles. The summed E-state index contributed by atoms with van der Waals surface area (Å²) in [6.45, 7) is 7.61. The highest BCUT2D eigenvalue weighted by molar-refractivity contribution is 5.52. The minimum atomic E-state index is 0.179. The van der Waals surface area contributed by atoms with Gasteiger partial charge in [-0.2, -0.15) is 0 Å². The summed E-state index contributed by atoms with van der Waals surface area (Å²) in [5.74, 6) is 1.95. The number of hydrogen-bond acceptors (Lipinski definition) is 3. The maximum absolute atomic E-state index is 5.72. The van der Waals surface area contributed by atoms with Gasteiger partial charge < -0.3 is 9.73 Å². The van der Waals surface area contributed by atoms with E-state index in [1.54, 1.807) is 0 Å². The Morgan fingerprint density at radius 1 is 1.14 bits per heavy atom. The van der Waals surface area contributed by atoms with Gasteiger partial charge in [0.25, 0.3) is 0 Å². The van der Waals surface area contributed by atoms with Gasteiger partial charge in [0.1, 0.15) is 11.5 Å². The lowest BCUT2D eigenvalue weighted by Gasteiger charge is -2.20. The zero-order valence-corrected chi connectivity index (χ0v) is 12.9. The number of nitrogens with zero attached hydrogens (tertiary/aromatic N) is 1. The van der Waals surface area contributed by atoms with Crippen molar-refractivity contribution in [3.63, 3.8) is 0 Å². The van der Waals surface area contributed by atoms with Gasteiger partial charge in [0, 0.05) is 12.2 Å². The Labute approximate surface area is 127 Å². The van der Waals surface area contributed by atoms with Gasteiger partial charge in [-0.3, -0.25) is 4.90 Å². The van der Waals surface area contributed by atoms with Crippen LogP contribution >= 0.6 is 0 Å². The Morgan fingerprint density at radius 2 is 1.90 bits per heavy atom. The second-order valence-electron chi connectivity index (χ2n) is 5.95. The Morgan fingerprint density at radius 3 is 2.62 bits per heavy atom. The summed E-state index contributed by atoms with van der Waals surface area (Å²) in [4.78, 5) is 2.53. The van der Waals surface area contributed by atoms with E-state index in [2.05, 4.69) is 47.5 Å². The van der Waals surface area contributed by atoms with Crippen molar-refractivity contribution in [2.45, 2.75) is 39.3 Å². The summed E-state index contributed by atoms with van der Waals surface area (Å²) in [6.07, 6.45) is 2.66. The fourth-order valence-corrected chi connectivity index (χ4v) is 2.97. The topological polar surface area (TPSA) is 28.4 Å². The monoisotopic (exact) mass is 284 g/mol. The average molecular weight is 284 g/mol. The smallest absolute Gasteiger partial charge is 0.126 e. The van der Waals surface area contributed by atoms with Crippen LogP contribution in [-0.2, 0) is 6.54 Å². The highest BCUT2D eigenvalue weighted by Crippen LogP contribution is 2.25. The summed E-state index contributed by atoms with van der Waals surface area (Å²) in [6, 6.07) is 12.9. The highest BCUT2D eigenvalue weighted by atomic mass is 16.3. The molecule has 1 unspecified atom stereocenters. The molecular weight excluding hydrogens is 260 g/mol. The van der Waals surface area contributed by atoms with Gasteiger partial charge in [-0.15, -0.1) is 0 Å². The standard InChI is InChI=1S/C18H24N2O/c1-14-9-10-18(21-14)15(2)19-17-8-4-3-7-16(17)13-20-11-5-6-12-20/h3-4,7-10,15,19H,5-6,11-13H2,1-2H3. The van der Waals surface area contributed by atoms with Gasteiger partial charge in [0.15, 0.2) is 0 Å². The lowest BCUT2D eigenvalue weighted by Crippen LogP contribution is -2.19. The molecule has 0 amide bonds. The minimum Gasteiger partial charge on any atom is -0.464 e. The maximum atomic E-state index is 5.72. The first-order valence-corrected chi connectivity index (χ1v) is 7.85. The van der Waals surface area contributed by atoms with Crippen molar-refractivity contribution >= 4 is 5.69 Å². The first-order valence-electron chi connectivity index (χ1n) is 7.85. The second-order valence-corrected chi connectivity index (χ2v) is 5.95. The molecule has 1 N–H and O–H groups in total. The second kappa shape index (κ2) is 6.35. The molecule has 1 aliphatic rings. The van der Waals surface area contributed by atoms with Crippen molar-refractivity contribution in [2.75, 3.05) is 18.4 Å². The van der Waals surface area contributed by atoms with Crippen LogP contribution in [0.15, 0.2) is 40.8 Å². The molecule has 1 fully saturated rings. The molecule has 1 aromatic heterocycles. The van der Waals surface area contributed by atoms with Crippen LogP contribution in [0.4, 0.5) is 5.69 Å². The van der Waals surface area contributed by atoms with Crippen LogP contribution in [0, 0.1) is 6.92 Å². The van der Waals surface area contributed by atoms with Crippen molar-refractivity contribution in [1.82, 2.24) is 4.90 Å². The summed E-state index contributed by atoms with van der Waals surface area (Å²) in [5.41, 5.74) is 2.58. The third kappa shape index (κ3) is 3.48. The van der Waals surface area contributed by atoms with Crippen LogP contribution in [0.2, 0.25) is 0 Å². The van der Waals surface area contributed by atoms with Gasteiger partial charge in [-0.1, -0.05) is 18.2 Å². The molecule has 3 heteroatoms. The molecule has 112 valence electrons. The molecular formula is C18H24N2O. The number of rotatable bonds is 5. The molecule has 3 rings (SSSR count). The van der Waals surface area contributed by atoms with Crippen molar-refractivity contribution in [3.05, 3.63) is 53.5 Å². The molecule has 1 saturated heterocycles. The van der Waals surface area contributed by atoms with Crippen molar-refractivity contribution in [3.8, 4) is 0 Å². The normalized spacial score (nSPS) is 17.0. The van der Waals surface area contributed by atoms with E-state index in [4.69, 9.17) is 4.42 Å². The van der Waals surface area contributed by atoms with Crippen LogP contribution in [0.5, 0.6) is 0 Å². The number of benzene rings is 1. The maximum Gasteiger partial charge on any atom is 0.126 e. The number of likely N-dealkylation sites (tertiary alicyclic amines) is 1. The molecule has 1 atom stereocenters. The van der Waals surface area contributed by atoms with Gasteiger partial charge in [-0.05, 0) is 63.5 Å². The molecule has 3 nitrogen and oxygen atoms in total. The van der Waals surface area contributed by atoms with E-state index < -0.39 is 0 Å². The fourth-order valence-electron chi connectivity index (χ4n) is 2.97. The van der Waals surface area contributed by atoms with Gasteiger partial charge in [-0.25, -0.2) is 0 Å². The number of furan rings is 1. The third-order valence-corrected chi connectivity index (χ3v) is 4.17. The Bertz CT molecular complexity index is 584. The summed E-state index contributed by atoms with van der Waals surface area (Å²) >= 11 is 0. The van der Waals surface area contributed by atoms with Gasteiger partial charge >= 0.3 is 0 Å². The van der Waals surface area contributed by atoms with Crippen molar-refractivity contribution in [1.29, 1.82) is 0 Å². The molecule has 2 heterocycles. The van der Waals surface area contributed by atoms with Crippen LogP contribution in [0.25, 0.3) is 0 Å². The van der Waals surface area contributed by atoms with E-state index in [0.717, 1.165) is 18.1 Å². The largest absolute Gasteiger partial charge is 0.464 e. The van der Waals surface area contributed by atoms with E-state index in [0.29, 0.717) is 0 Å². The van der Waals surface area contributed by atoms with Crippen molar-refractivity contribution in [2.24, 2.45) is 0 Å². The van der Waals surface area contributed by atoms with Crippen molar-refractivity contribution < 1.29 is 4.42 Å². The van der Waals surface area contributed by atoms with Crippen LogP contribution in [-0.4, -0.2) is 18.0 Å². The molecule has 0 spiro atoms. The summed E-state index contributed by atoms with van der Waals surface area (Å²) in [5, 5.41) is 3.59. The summed E-state index contributed by atoms with van der Waals surface area (Å²) < 4.78 is 5.72. The van der Waals surface area contributed by atoms with E-state index in [9.17, 15) is 0 Å². The minimum absolute atomic E-state index is 0.179. The number of aryl methyl sites for hydroxylation is 1. The zero-order chi connectivity index (χ0) is 14.7. The molecule has 0 radical (unpaired) electrons. The van der Waals surface area contributed by atoms with E-state index in [-0.39, 0.29) is 6.04 Å². The molecule has 0 aliphatic carbocycles. The summed E-state index contributed by atoms with van der Waals surface area (Å²) in [7, 11) is 0. The number of hydrogen-bond donors (Lipinski definition) is 1. The lowest BCUT2D eigenvalue weighted by atomic mass is 10.1. The Balaban J connectivity index is 1.72. The molecule has 1 aromatic carbocycles. The van der Waals surface area contributed by atoms with E-state index >= 15 is 0 Å². The van der Waals surface area contributed by atoms with E-state index in [1.807, 2.05) is 13.0 Å². The lowest BCUT2D eigenvalue weighted by molar-refractivity contribution is 0.332. The Kier molecular flexibility index (Phi) is 4.30. The van der Waals surface area contributed by atoms with Crippen LogP contribution in [0.3, 0.4) is 0 Å². The van der Waals surface area contributed by atoms with E-state index in [1.165, 1.54) is 37.2 Å². The predicted molar refractivity (Wildman–Crippen MR) is 86.4 cm³/mol.